The summed E-state index contributed by atoms with van der Waals surface area (Å²) in [4.78, 5) is 4.65. The second-order valence-electron chi connectivity index (χ2n) is 5.52. The fraction of sp³-hybridized carbons (Fsp3) is 0.733. The first-order chi connectivity index (χ1) is 9.78. The molecule has 120 valence electrons. The Morgan fingerprint density at radius 2 is 2.14 bits per heavy atom. The van der Waals surface area contributed by atoms with Crippen LogP contribution >= 0.6 is 24.0 Å². The Morgan fingerprint density at radius 1 is 1.38 bits per heavy atom. The largest absolute Gasteiger partial charge is 0.357 e. The van der Waals surface area contributed by atoms with Gasteiger partial charge in [-0.05, 0) is 32.3 Å². The van der Waals surface area contributed by atoms with Gasteiger partial charge in [-0.2, -0.15) is 5.10 Å². The standard InChI is InChI=1S/C15H27N5.HI/c1-3-16-15(19-14-7-5-4-6-8-14)17-9-10-20-12-13(2)11-18-20;/h11-12,14H,3-10H2,1-2H3,(H2,16,17,19);1H. The number of rotatable bonds is 5. The molecule has 1 aliphatic rings. The minimum absolute atomic E-state index is 0. The molecule has 21 heavy (non-hydrogen) atoms. The van der Waals surface area contributed by atoms with Crippen LogP contribution in [0.25, 0.3) is 0 Å². The number of aryl methyl sites for hydroxylation is 1. The smallest absolute Gasteiger partial charge is 0.191 e. The number of hydrogen-bond donors (Lipinski definition) is 2. The second kappa shape index (κ2) is 10.0. The Labute approximate surface area is 145 Å². The topological polar surface area (TPSA) is 54.2 Å². The van der Waals surface area contributed by atoms with Crippen LogP contribution in [0.4, 0.5) is 0 Å². The van der Waals surface area contributed by atoms with Crippen molar-refractivity contribution in [2.45, 2.75) is 58.5 Å². The van der Waals surface area contributed by atoms with Crippen molar-refractivity contribution < 1.29 is 0 Å². The van der Waals surface area contributed by atoms with Gasteiger partial charge in [-0.25, -0.2) is 0 Å². The molecule has 6 heteroatoms. The third-order valence-corrected chi connectivity index (χ3v) is 3.65. The van der Waals surface area contributed by atoms with Crippen molar-refractivity contribution in [1.82, 2.24) is 20.4 Å². The highest BCUT2D eigenvalue weighted by Gasteiger charge is 2.14. The van der Waals surface area contributed by atoms with E-state index in [1.807, 2.05) is 10.9 Å². The van der Waals surface area contributed by atoms with E-state index in [1.54, 1.807) is 0 Å². The lowest BCUT2D eigenvalue weighted by Crippen LogP contribution is -2.44. The Morgan fingerprint density at radius 3 is 2.76 bits per heavy atom. The van der Waals surface area contributed by atoms with Crippen LogP contribution in [0.2, 0.25) is 0 Å². The van der Waals surface area contributed by atoms with Crippen molar-refractivity contribution in [3.63, 3.8) is 0 Å². The third-order valence-electron chi connectivity index (χ3n) is 3.65. The Balaban J connectivity index is 0.00000220. The van der Waals surface area contributed by atoms with Crippen LogP contribution in [-0.2, 0) is 6.54 Å². The Kier molecular flexibility index (Phi) is 8.72. The van der Waals surface area contributed by atoms with Crippen molar-refractivity contribution in [3.05, 3.63) is 18.0 Å². The molecule has 1 saturated carbocycles. The zero-order valence-electron chi connectivity index (χ0n) is 13.1. The summed E-state index contributed by atoms with van der Waals surface area (Å²) in [7, 11) is 0. The molecule has 0 aromatic carbocycles. The molecule has 1 aromatic rings. The minimum atomic E-state index is 0. The lowest BCUT2D eigenvalue weighted by Gasteiger charge is -2.24. The summed E-state index contributed by atoms with van der Waals surface area (Å²) in [5.74, 6) is 0.947. The Hall–Kier alpha value is -0.790. The third kappa shape index (κ3) is 6.67. The predicted molar refractivity (Wildman–Crippen MR) is 98.4 cm³/mol. The average molecular weight is 405 g/mol. The highest BCUT2D eigenvalue weighted by atomic mass is 127. The molecule has 2 N–H and O–H groups in total. The number of nitrogens with zero attached hydrogens (tertiary/aromatic N) is 3. The van der Waals surface area contributed by atoms with E-state index in [0.717, 1.165) is 25.6 Å². The summed E-state index contributed by atoms with van der Waals surface area (Å²) in [6.45, 7) is 6.65. The Bertz CT molecular complexity index is 423. The van der Waals surface area contributed by atoms with Gasteiger partial charge in [0.1, 0.15) is 0 Å². The van der Waals surface area contributed by atoms with Gasteiger partial charge >= 0.3 is 0 Å². The van der Waals surface area contributed by atoms with Gasteiger partial charge in [0.05, 0.1) is 19.3 Å². The van der Waals surface area contributed by atoms with Gasteiger partial charge in [-0.1, -0.05) is 19.3 Å². The number of halogens is 1. The fourth-order valence-electron chi connectivity index (χ4n) is 2.61. The summed E-state index contributed by atoms with van der Waals surface area (Å²) in [6, 6.07) is 0.591. The van der Waals surface area contributed by atoms with E-state index in [1.165, 1.54) is 37.7 Å². The summed E-state index contributed by atoms with van der Waals surface area (Å²) < 4.78 is 1.95. The predicted octanol–water partition coefficient (Wildman–Crippen LogP) is 2.70. The first kappa shape index (κ1) is 18.3. The molecule has 1 fully saturated rings. The van der Waals surface area contributed by atoms with Gasteiger partial charge in [0.15, 0.2) is 5.96 Å². The highest BCUT2D eigenvalue weighted by molar-refractivity contribution is 14.0. The molecule has 0 unspecified atom stereocenters. The van der Waals surface area contributed by atoms with Gasteiger partial charge in [-0.3, -0.25) is 9.67 Å². The number of nitrogens with one attached hydrogen (secondary N) is 2. The number of aromatic nitrogens is 2. The maximum atomic E-state index is 4.65. The first-order valence-electron chi connectivity index (χ1n) is 7.82. The summed E-state index contributed by atoms with van der Waals surface area (Å²) in [5.41, 5.74) is 1.20. The molecule has 0 bridgehead atoms. The van der Waals surface area contributed by atoms with Gasteiger partial charge < -0.3 is 10.6 Å². The van der Waals surface area contributed by atoms with Crippen molar-refractivity contribution in [3.8, 4) is 0 Å². The molecule has 0 atom stereocenters. The maximum Gasteiger partial charge on any atom is 0.191 e. The minimum Gasteiger partial charge on any atom is -0.357 e. The molecular formula is C15H28IN5. The normalized spacial score (nSPS) is 16.4. The molecule has 0 radical (unpaired) electrons. The fourth-order valence-corrected chi connectivity index (χ4v) is 2.61. The quantitative estimate of drug-likeness (QED) is 0.450. The van der Waals surface area contributed by atoms with Gasteiger partial charge in [0.2, 0.25) is 0 Å². The zero-order chi connectivity index (χ0) is 14.2. The second-order valence-corrected chi connectivity index (χ2v) is 5.52. The van der Waals surface area contributed by atoms with E-state index in [0.29, 0.717) is 6.04 Å². The van der Waals surface area contributed by atoms with Crippen LogP contribution in [0.5, 0.6) is 0 Å². The summed E-state index contributed by atoms with van der Waals surface area (Å²) in [6.07, 6.45) is 10.5. The van der Waals surface area contributed by atoms with Crippen LogP contribution in [0.1, 0.15) is 44.6 Å². The van der Waals surface area contributed by atoms with E-state index in [4.69, 9.17) is 0 Å². The molecule has 1 aliphatic carbocycles. The highest BCUT2D eigenvalue weighted by Crippen LogP contribution is 2.17. The van der Waals surface area contributed by atoms with Crippen molar-refractivity contribution >= 4 is 29.9 Å². The lowest BCUT2D eigenvalue weighted by molar-refractivity contribution is 0.410. The van der Waals surface area contributed by atoms with E-state index in [9.17, 15) is 0 Å². The van der Waals surface area contributed by atoms with Gasteiger partial charge in [0.25, 0.3) is 0 Å². The SMILES string of the molecule is CCNC(=NCCn1cc(C)cn1)NC1CCCCC1.I. The van der Waals surface area contributed by atoms with Crippen molar-refractivity contribution in [2.75, 3.05) is 13.1 Å². The van der Waals surface area contributed by atoms with Crippen LogP contribution < -0.4 is 10.6 Å². The van der Waals surface area contributed by atoms with E-state index >= 15 is 0 Å². The maximum absolute atomic E-state index is 4.65. The molecule has 0 aliphatic heterocycles. The monoisotopic (exact) mass is 405 g/mol. The number of aliphatic imine (C=N–C) groups is 1. The molecule has 1 heterocycles. The zero-order valence-corrected chi connectivity index (χ0v) is 15.5. The molecule has 0 saturated heterocycles. The van der Waals surface area contributed by atoms with E-state index in [-0.39, 0.29) is 24.0 Å². The number of hydrogen-bond acceptors (Lipinski definition) is 2. The molecule has 0 spiro atoms. The molecule has 2 rings (SSSR count). The molecular weight excluding hydrogens is 377 g/mol. The van der Waals surface area contributed by atoms with Crippen molar-refractivity contribution in [1.29, 1.82) is 0 Å². The average Bonchev–Trinajstić information content (AvgIpc) is 2.86. The van der Waals surface area contributed by atoms with E-state index < -0.39 is 0 Å². The summed E-state index contributed by atoms with van der Waals surface area (Å²) >= 11 is 0. The van der Waals surface area contributed by atoms with Crippen LogP contribution in [-0.4, -0.2) is 34.9 Å². The molecule has 5 nitrogen and oxygen atoms in total. The number of guanidine groups is 1. The molecule has 0 amide bonds. The van der Waals surface area contributed by atoms with Crippen molar-refractivity contribution in [2.24, 2.45) is 4.99 Å². The van der Waals surface area contributed by atoms with Crippen LogP contribution in [0.15, 0.2) is 17.4 Å². The molecule has 1 aromatic heterocycles. The lowest BCUT2D eigenvalue weighted by atomic mass is 9.96. The summed E-state index contributed by atoms with van der Waals surface area (Å²) in [5, 5.41) is 11.2. The van der Waals surface area contributed by atoms with Crippen LogP contribution in [0, 0.1) is 6.92 Å². The van der Waals surface area contributed by atoms with E-state index in [2.05, 4.69) is 40.8 Å². The van der Waals surface area contributed by atoms with Gasteiger partial charge in [0, 0.05) is 18.8 Å². The van der Waals surface area contributed by atoms with Gasteiger partial charge in [-0.15, -0.1) is 24.0 Å². The first-order valence-corrected chi connectivity index (χ1v) is 7.82. The van der Waals surface area contributed by atoms with Crippen LogP contribution in [0.3, 0.4) is 0 Å².